The fraction of sp³-hybridized carbons (Fsp3) is 0.462. The number of hydrogen-bond acceptors (Lipinski definition) is 2. The van der Waals surface area contributed by atoms with E-state index in [0.29, 0.717) is 6.54 Å². The minimum atomic E-state index is -1.23. The van der Waals surface area contributed by atoms with Gasteiger partial charge in [-0.2, -0.15) is 0 Å². The Morgan fingerprint density at radius 2 is 2.24 bits per heavy atom. The second kappa shape index (κ2) is 5.27. The van der Waals surface area contributed by atoms with Crippen LogP contribution >= 0.6 is 0 Å². The van der Waals surface area contributed by atoms with Crippen molar-refractivity contribution in [1.82, 2.24) is 5.32 Å². The van der Waals surface area contributed by atoms with Crippen LogP contribution in [0.4, 0.5) is 4.39 Å². The lowest BCUT2D eigenvalue weighted by Crippen LogP contribution is -2.15. The Morgan fingerprint density at radius 3 is 2.82 bits per heavy atom. The fourth-order valence-electron chi connectivity index (χ4n) is 1.79. The highest BCUT2D eigenvalue weighted by molar-refractivity contribution is 5.87. The normalized spacial score (nSPS) is 14.9. The van der Waals surface area contributed by atoms with Crippen LogP contribution in [0, 0.1) is 11.7 Å². The summed E-state index contributed by atoms with van der Waals surface area (Å²) < 4.78 is 13.3. The third-order valence-electron chi connectivity index (χ3n) is 3.02. The van der Waals surface area contributed by atoms with Gasteiger partial charge in [0.05, 0.1) is 5.56 Å². The predicted molar refractivity (Wildman–Crippen MR) is 62.4 cm³/mol. The first-order valence-corrected chi connectivity index (χ1v) is 5.89. The maximum atomic E-state index is 13.3. The van der Waals surface area contributed by atoms with Gasteiger partial charge in [-0.1, -0.05) is 18.9 Å². The zero-order valence-electron chi connectivity index (χ0n) is 9.58. The van der Waals surface area contributed by atoms with Gasteiger partial charge in [0.1, 0.15) is 5.82 Å². The molecule has 17 heavy (non-hydrogen) atoms. The molecule has 0 aliphatic heterocycles. The van der Waals surface area contributed by atoms with Crippen LogP contribution in [0.1, 0.15) is 35.2 Å². The van der Waals surface area contributed by atoms with Crippen LogP contribution in [0.15, 0.2) is 18.2 Å². The Hall–Kier alpha value is -1.42. The second-order valence-corrected chi connectivity index (χ2v) is 4.53. The molecule has 0 amide bonds. The smallest absolute Gasteiger partial charge is 0.338 e. The highest BCUT2D eigenvalue weighted by Crippen LogP contribution is 2.31. The quantitative estimate of drug-likeness (QED) is 0.747. The Bertz CT molecular complexity index is 416. The lowest BCUT2D eigenvalue weighted by atomic mass is 10.1. The molecule has 1 saturated carbocycles. The van der Waals surface area contributed by atoms with Gasteiger partial charge in [0.15, 0.2) is 0 Å². The number of carboxylic acid groups (broad SMARTS) is 1. The summed E-state index contributed by atoms with van der Waals surface area (Å²) in [5.74, 6) is -1.01. The average Bonchev–Trinajstić information content (AvgIpc) is 3.08. The van der Waals surface area contributed by atoms with Crippen molar-refractivity contribution < 1.29 is 14.3 Å². The van der Waals surface area contributed by atoms with Gasteiger partial charge in [-0.3, -0.25) is 0 Å². The number of benzene rings is 1. The summed E-state index contributed by atoms with van der Waals surface area (Å²) in [4.78, 5) is 10.6. The third-order valence-corrected chi connectivity index (χ3v) is 3.02. The number of nitrogens with one attached hydrogen (secondary N) is 1. The van der Waals surface area contributed by atoms with Gasteiger partial charge in [-0.05, 0) is 36.6 Å². The summed E-state index contributed by atoms with van der Waals surface area (Å²) in [5.41, 5.74) is 0.509. The van der Waals surface area contributed by atoms with E-state index in [0.717, 1.165) is 18.0 Å². The van der Waals surface area contributed by atoms with Crippen molar-refractivity contribution in [2.45, 2.75) is 25.8 Å². The monoisotopic (exact) mass is 237 g/mol. The number of aromatic carboxylic acids is 1. The predicted octanol–water partition coefficient (Wildman–Crippen LogP) is 2.41. The van der Waals surface area contributed by atoms with Crippen molar-refractivity contribution >= 4 is 5.97 Å². The number of halogens is 1. The lowest BCUT2D eigenvalue weighted by molar-refractivity contribution is 0.0692. The highest BCUT2D eigenvalue weighted by Gasteiger charge is 2.19. The van der Waals surface area contributed by atoms with E-state index in [1.807, 2.05) is 0 Å². The van der Waals surface area contributed by atoms with E-state index < -0.39 is 11.8 Å². The minimum Gasteiger partial charge on any atom is -0.478 e. The molecule has 1 aliphatic carbocycles. The summed E-state index contributed by atoms with van der Waals surface area (Å²) in [6.07, 6.45) is 3.85. The molecule has 92 valence electrons. The summed E-state index contributed by atoms with van der Waals surface area (Å²) in [6.45, 7) is 1.52. The van der Waals surface area contributed by atoms with Crippen molar-refractivity contribution in [3.05, 3.63) is 35.1 Å². The van der Waals surface area contributed by atoms with E-state index in [9.17, 15) is 9.18 Å². The van der Waals surface area contributed by atoms with Gasteiger partial charge < -0.3 is 10.4 Å². The molecule has 1 fully saturated rings. The summed E-state index contributed by atoms with van der Waals surface area (Å²) >= 11 is 0. The minimum absolute atomic E-state index is 0.272. The molecule has 2 N–H and O–H groups in total. The van der Waals surface area contributed by atoms with Crippen molar-refractivity contribution in [2.75, 3.05) is 6.54 Å². The molecule has 0 saturated heterocycles. The Labute approximate surface area is 99.7 Å². The molecule has 1 aromatic carbocycles. The topological polar surface area (TPSA) is 49.3 Å². The van der Waals surface area contributed by atoms with Crippen LogP contribution in [-0.2, 0) is 6.54 Å². The molecular formula is C13H16FNO2. The molecule has 4 heteroatoms. The van der Waals surface area contributed by atoms with Crippen LogP contribution in [0.25, 0.3) is 0 Å². The first-order valence-electron chi connectivity index (χ1n) is 5.89. The lowest BCUT2D eigenvalue weighted by Gasteiger charge is -2.05. The van der Waals surface area contributed by atoms with Gasteiger partial charge in [-0.15, -0.1) is 0 Å². The van der Waals surface area contributed by atoms with Crippen molar-refractivity contribution in [1.29, 1.82) is 0 Å². The summed E-state index contributed by atoms with van der Waals surface area (Å²) in [6, 6.07) is 4.25. The zero-order chi connectivity index (χ0) is 12.3. The summed E-state index contributed by atoms with van der Waals surface area (Å²) in [7, 11) is 0. The number of rotatable bonds is 6. The Balaban J connectivity index is 1.83. The maximum absolute atomic E-state index is 13.3. The van der Waals surface area contributed by atoms with Crippen molar-refractivity contribution in [3.63, 3.8) is 0 Å². The number of carbonyl (C=O) groups is 1. The van der Waals surface area contributed by atoms with E-state index in [2.05, 4.69) is 5.32 Å². The van der Waals surface area contributed by atoms with Crippen LogP contribution in [-0.4, -0.2) is 17.6 Å². The largest absolute Gasteiger partial charge is 0.478 e. The molecular weight excluding hydrogens is 221 g/mol. The standard InChI is InChI=1S/C13H16FNO2/c14-12-7-10(3-4-11(12)13(16)17)8-15-6-5-9-1-2-9/h3-4,7,9,15H,1-2,5-6,8H2,(H,16,17). The molecule has 0 heterocycles. The first kappa shape index (κ1) is 12.0. The van der Waals surface area contributed by atoms with Crippen LogP contribution in [0.2, 0.25) is 0 Å². The van der Waals surface area contributed by atoms with Gasteiger partial charge in [0.25, 0.3) is 0 Å². The number of hydrogen-bond donors (Lipinski definition) is 2. The second-order valence-electron chi connectivity index (χ2n) is 4.53. The molecule has 1 aliphatic rings. The van der Waals surface area contributed by atoms with Crippen LogP contribution in [0.5, 0.6) is 0 Å². The third kappa shape index (κ3) is 3.53. The van der Waals surface area contributed by atoms with E-state index in [1.54, 1.807) is 6.07 Å². The van der Waals surface area contributed by atoms with E-state index in [4.69, 9.17) is 5.11 Å². The van der Waals surface area contributed by atoms with E-state index >= 15 is 0 Å². The van der Waals surface area contributed by atoms with Gasteiger partial charge in [0, 0.05) is 6.54 Å². The maximum Gasteiger partial charge on any atom is 0.338 e. The van der Waals surface area contributed by atoms with Gasteiger partial charge >= 0.3 is 5.97 Å². The number of carboxylic acids is 1. The molecule has 1 aromatic rings. The fourth-order valence-corrected chi connectivity index (χ4v) is 1.79. The first-order chi connectivity index (χ1) is 8.16. The molecule has 3 nitrogen and oxygen atoms in total. The molecule has 0 spiro atoms. The van der Waals surface area contributed by atoms with Crippen molar-refractivity contribution in [3.8, 4) is 0 Å². The molecule has 0 bridgehead atoms. The van der Waals surface area contributed by atoms with Crippen molar-refractivity contribution in [2.24, 2.45) is 5.92 Å². The Kier molecular flexibility index (Phi) is 3.74. The molecule has 0 atom stereocenters. The average molecular weight is 237 g/mol. The van der Waals surface area contributed by atoms with Gasteiger partial charge in [0.2, 0.25) is 0 Å². The van der Waals surface area contributed by atoms with Crippen LogP contribution < -0.4 is 5.32 Å². The van der Waals surface area contributed by atoms with Crippen LogP contribution in [0.3, 0.4) is 0 Å². The molecule has 0 radical (unpaired) electrons. The highest BCUT2D eigenvalue weighted by atomic mass is 19.1. The van der Waals surface area contributed by atoms with E-state index in [1.165, 1.54) is 31.4 Å². The molecule has 0 aromatic heterocycles. The van der Waals surface area contributed by atoms with Gasteiger partial charge in [-0.25, -0.2) is 9.18 Å². The Morgan fingerprint density at radius 1 is 1.47 bits per heavy atom. The zero-order valence-corrected chi connectivity index (χ0v) is 9.58. The SMILES string of the molecule is O=C(O)c1ccc(CNCCC2CC2)cc1F. The molecule has 2 rings (SSSR count). The van der Waals surface area contributed by atoms with E-state index in [-0.39, 0.29) is 5.56 Å². The molecule has 0 unspecified atom stereocenters. The summed E-state index contributed by atoms with van der Waals surface area (Å²) in [5, 5.41) is 11.9.